The Labute approximate surface area is 167 Å². The van der Waals surface area contributed by atoms with Crippen LogP contribution in [0.4, 0.5) is 4.39 Å². The minimum absolute atomic E-state index is 0.174. The number of ether oxygens (including phenoxy) is 1. The van der Waals surface area contributed by atoms with Crippen LogP contribution in [0.3, 0.4) is 0 Å². The van der Waals surface area contributed by atoms with Crippen molar-refractivity contribution in [3.63, 3.8) is 0 Å². The number of carbonyl (C=O) groups excluding carboxylic acids is 1. The van der Waals surface area contributed by atoms with E-state index in [0.717, 1.165) is 17.1 Å². The van der Waals surface area contributed by atoms with Crippen molar-refractivity contribution in [1.82, 2.24) is 5.32 Å². The highest BCUT2D eigenvalue weighted by Gasteiger charge is 2.17. The quantitative estimate of drug-likeness (QED) is 0.561. The molecule has 26 heavy (non-hydrogen) atoms. The molecule has 1 unspecified atom stereocenters. The second kappa shape index (κ2) is 10.7. The first kappa shape index (κ1) is 20.9. The molecule has 2 rings (SSSR count). The summed E-state index contributed by atoms with van der Waals surface area (Å²) in [7, 11) is 0. The van der Waals surface area contributed by atoms with Crippen molar-refractivity contribution < 1.29 is 13.9 Å². The number of carbonyl (C=O) groups is 1. The molecule has 0 saturated carbocycles. The maximum Gasteiger partial charge on any atom is 0.261 e. The molecule has 1 amide bonds. The molecule has 7 heteroatoms. The molecule has 140 valence electrons. The molecular weight excluding hydrogens is 396 g/mol. The fraction of sp³-hybridized carbons (Fsp3) is 0.316. The molecular formula is C19H20Cl2FNO2S. The van der Waals surface area contributed by atoms with Gasteiger partial charge in [0.1, 0.15) is 11.6 Å². The largest absolute Gasteiger partial charge is 0.481 e. The third-order valence-corrected chi connectivity index (χ3v) is 5.32. The third-order valence-electron chi connectivity index (χ3n) is 3.55. The lowest BCUT2D eigenvalue weighted by molar-refractivity contribution is -0.127. The monoisotopic (exact) mass is 415 g/mol. The minimum atomic E-state index is -0.597. The van der Waals surface area contributed by atoms with E-state index in [-0.39, 0.29) is 11.7 Å². The van der Waals surface area contributed by atoms with Gasteiger partial charge in [-0.2, -0.15) is 11.8 Å². The van der Waals surface area contributed by atoms with Crippen LogP contribution in [0.1, 0.15) is 18.9 Å². The predicted molar refractivity (Wildman–Crippen MR) is 107 cm³/mol. The Morgan fingerprint density at radius 2 is 1.92 bits per heavy atom. The lowest BCUT2D eigenvalue weighted by Gasteiger charge is -2.17. The maximum atomic E-state index is 12.9. The molecule has 3 nitrogen and oxygen atoms in total. The highest BCUT2D eigenvalue weighted by molar-refractivity contribution is 7.98. The van der Waals surface area contributed by atoms with Crippen LogP contribution in [0.2, 0.25) is 10.0 Å². The average Bonchev–Trinajstić information content (AvgIpc) is 2.63. The molecule has 2 aromatic rings. The van der Waals surface area contributed by atoms with E-state index in [0.29, 0.717) is 28.8 Å². The summed E-state index contributed by atoms with van der Waals surface area (Å²) >= 11 is 13.6. The lowest BCUT2D eigenvalue weighted by atomic mass is 10.2. The molecule has 0 aliphatic carbocycles. The van der Waals surface area contributed by atoms with E-state index in [9.17, 15) is 9.18 Å². The first-order valence-corrected chi connectivity index (χ1v) is 10.1. The second-order valence-electron chi connectivity index (χ2n) is 5.56. The van der Waals surface area contributed by atoms with Crippen LogP contribution in [-0.4, -0.2) is 24.3 Å². The van der Waals surface area contributed by atoms with Gasteiger partial charge in [-0.15, -0.1) is 0 Å². The predicted octanol–water partition coefficient (Wildman–Crippen LogP) is 5.34. The Kier molecular flexibility index (Phi) is 8.55. The van der Waals surface area contributed by atoms with Gasteiger partial charge in [-0.25, -0.2) is 4.39 Å². The Morgan fingerprint density at radius 1 is 1.19 bits per heavy atom. The summed E-state index contributed by atoms with van der Waals surface area (Å²) in [5, 5.41) is 3.95. The molecule has 2 aromatic carbocycles. The SMILES string of the molecule is CCC(Oc1ccc(F)cc1)C(=O)NCCSCc1ccc(Cl)c(Cl)c1. The summed E-state index contributed by atoms with van der Waals surface area (Å²) in [6, 6.07) is 11.2. The molecule has 0 aliphatic rings. The van der Waals surface area contributed by atoms with Crippen molar-refractivity contribution in [2.45, 2.75) is 25.2 Å². The van der Waals surface area contributed by atoms with Crippen LogP contribution in [-0.2, 0) is 10.5 Å². The van der Waals surface area contributed by atoms with Gasteiger partial charge in [-0.3, -0.25) is 4.79 Å². The molecule has 0 bridgehead atoms. The number of benzene rings is 2. The minimum Gasteiger partial charge on any atom is -0.481 e. The van der Waals surface area contributed by atoms with E-state index in [2.05, 4.69) is 5.32 Å². The molecule has 0 aliphatic heterocycles. The van der Waals surface area contributed by atoms with E-state index in [1.54, 1.807) is 17.8 Å². The third kappa shape index (κ3) is 6.71. The van der Waals surface area contributed by atoms with Crippen molar-refractivity contribution in [3.05, 3.63) is 63.9 Å². The van der Waals surface area contributed by atoms with Crippen LogP contribution in [0.15, 0.2) is 42.5 Å². The van der Waals surface area contributed by atoms with Crippen LogP contribution in [0.25, 0.3) is 0 Å². The standard InChI is InChI=1S/C19H20Cl2FNO2S/c1-2-18(25-15-6-4-14(22)5-7-15)19(24)23-9-10-26-12-13-3-8-16(20)17(21)11-13/h3-8,11,18H,2,9-10,12H2,1H3,(H,23,24). The van der Waals surface area contributed by atoms with E-state index >= 15 is 0 Å². The van der Waals surface area contributed by atoms with Crippen LogP contribution >= 0.6 is 35.0 Å². The van der Waals surface area contributed by atoms with Gasteiger partial charge in [-0.1, -0.05) is 36.2 Å². The van der Waals surface area contributed by atoms with Gasteiger partial charge in [0.15, 0.2) is 6.10 Å². The molecule has 0 radical (unpaired) electrons. The molecule has 0 spiro atoms. The van der Waals surface area contributed by atoms with E-state index in [4.69, 9.17) is 27.9 Å². The first-order valence-electron chi connectivity index (χ1n) is 8.21. The van der Waals surface area contributed by atoms with Crippen LogP contribution in [0, 0.1) is 5.82 Å². The van der Waals surface area contributed by atoms with Crippen molar-refractivity contribution >= 4 is 40.9 Å². The zero-order valence-corrected chi connectivity index (χ0v) is 16.6. The summed E-state index contributed by atoms with van der Waals surface area (Å²) in [5.74, 6) is 1.51. The van der Waals surface area contributed by atoms with Gasteiger partial charge in [0.2, 0.25) is 0 Å². The van der Waals surface area contributed by atoms with E-state index in [1.165, 1.54) is 24.3 Å². The van der Waals surface area contributed by atoms with Crippen molar-refractivity contribution in [2.24, 2.45) is 0 Å². The normalized spacial score (nSPS) is 11.8. The van der Waals surface area contributed by atoms with Crippen LogP contribution in [0.5, 0.6) is 5.75 Å². The molecule has 1 atom stereocenters. The highest BCUT2D eigenvalue weighted by Crippen LogP contribution is 2.24. The zero-order valence-electron chi connectivity index (χ0n) is 14.3. The Morgan fingerprint density at radius 3 is 2.58 bits per heavy atom. The van der Waals surface area contributed by atoms with Gasteiger partial charge >= 0.3 is 0 Å². The number of rotatable bonds is 9. The Hall–Kier alpha value is -1.43. The van der Waals surface area contributed by atoms with Crippen LogP contribution < -0.4 is 10.1 Å². The second-order valence-corrected chi connectivity index (χ2v) is 7.48. The number of amides is 1. The first-order chi connectivity index (χ1) is 12.5. The highest BCUT2D eigenvalue weighted by atomic mass is 35.5. The van der Waals surface area contributed by atoms with E-state index in [1.807, 2.05) is 19.1 Å². The van der Waals surface area contributed by atoms with Gasteiger partial charge in [-0.05, 0) is 48.4 Å². The van der Waals surface area contributed by atoms with Gasteiger partial charge < -0.3 is 10.1 Å². The molecule has 0 fully saturated rings. The number of nitrogens with one attached hydrogen (secondary N) is 1. The van der Waals surface area contributed by atoms with Crippen molar-refractivity contribution in [2.75, 3.05) is 12.3 Å². The zero-order chi connectivity index (χ0) is 18.9. The van der Waals surface area contributed by atoms with Crippen molar-refractivity contribution in [3.8, 4) is 5.75 Å². The molecule has 1 N–H and O–H groups in total. The summed E-state index contributed by atoms with van der Waals surface area (Å²) < 4.78 is 18.5. The molecule has 0 heterocycles. The number of hydrogen-bond acceptors (Lipinski definition) is 3. The summed E-state index contributed by atoms with van der Waals surface area (Å²) in [6.45, 7) is 2.40. The van der Waals surface area contributed by atoms with Crippen molar-refractivity contribution in [1.29, 1.82) is 0 Å². The topological polar surface area (TPSA) is 38.3 Å². The van der Waals surface area contributed by atoms with E-state index < -0.39 is 6.10 Å². The summed E-state index contributed by atoms with van der Waals surface area (Å²) in [5.41, 5.74) is 1.09. The van der Waals surface area contributed by atoms with Gasteiger partial charge in [0.05, 0.1) is 10.0 Å². The van der Waals surface area contributed by atoms with Gasteiger partial charge in [0, 0.05) is 18.1 Å². The fourth-order valence-corrected chi connectivity index (χ4v) is 3.31. The lowest BCUT2D eigenvalue weighted by Crippen LogP contribution is -2.39. The fourth-order valence-electron chi connectivity index (χ4n) is 2.18. The molecule has 0 saturated heterocycles. The summed E-state index contributed by atoms with van der Waals surface area (Å²) in [4.78, 5) is 12.2. The number of halogens is 3. The maximum absolute atomic E-state index is 12.9. The summed E-state index contributed by atoms with van der Waals surface area (Å²) in [6.07, 6.45) is -0.0693. The van der Waals surface area contributed by atoms with Gasteiger partial charge in [0.25, 0.3) is 5.91 Å². The smallest absolute Gasteiger partial charge is 0.261 e. The molecule has 0 aromatic heterocycles. The number of thioether (sulfide) groups is 1. The number of hydrogen-bond donors (Lipinski definition) is 1. The Balaban J connectivity index is 1.70. The Bertz CT molecular complexity index is 728. The average molecular weight is 416 g/mol.